The molecule has 0 atom stereocenters. The number of rotatable bonds is 5. The molecule has 0 unspecified atom stereocenters. The Bertz CT molecular complexity index is 3900. The first-order chi connectivity index (χ1) is 30.8. The third-order valence-corrected chi connectivity index (χ3v) is 12.7. The van der Waals surface area contributed by atoms with Crippen LogP contribution in [0.2, 0.25) is 0 Å². The summed E-state index contributed by atoms with van der Waals surface area (Å²) in [7, 11) is 0. The maximum Gasteiger partial charge on any atom is 0.0979 e. The van der Waals surface area contributed by atoms with Gasteiger partial charge in [0.1, 0.15) is 0 Å². The van der Waals surface area contributed by atoms with Gasteiger partial charge in [0.2, 0.25) is 0 Å². The van der Waals surface area contributed by atoms with Crippen LogP contribution in [-0.2, 0) is 0 Å². The Labute approximate surface area is 357 Å². The van der Waals surface area contributed by atoms with Crippen LogP contribution in [0.15, 0.2) is 218 Å². The molecule has 62 heavy (non-hydrogen) atoms. The minimum absolute atomic E-state index is 0.844. The van der Waals surface area contributed by atoms with Crippen LogP contribution in [0.1, 0.15) is 0 Å². The highest BCUT2D eigenvalue weighted by atomic mass is 15.0. The lowest BCUT2D eigenvalue weighted by atomic mass is 9.97. The highest BCUT2D eigenvalue weighted by Crippen LogP contribution is 2.43. The first-order valence-corrected chi connectivity index (χ1v) is 21.2. The summed E-state index contributed by atoms with van der Waals surface area (Å²) in [5.41, 5.74) is 14.7. The van der Waals surface area contributed by atoms with Gasteiger partial charge in [-0.2, -0.15) is 0 Å². The standard InChI is InChI=1S/C58H36N4/c1-3-16-37(17-4-1)38-30-32-39(33-31-38)53-54(60-56-48-27-10-8-23-44(48)43-22-7-9-26-47(43)55(56)59-53)40-18-15-21-42(36-40)62-52-29-14-12-25-46(52)50-35-34-49-45-24-11-13-28-51(45)61(57(49)58(50)62)41-19-5-2-6-20-41/h1-36H. The lowest BCUT2D eigenvalue weighted by molar-refractivity contribution is 1.15. The molecule has 0 aliphatic carbocycles. The Kier molecular flexibility index (Phi) is 7.57. The van der Waals surface area contributed by atoms with Gasteiger partial charge in [-0.1, -0.05) is 182 Å². The Balaban J connectivity index is 1.11. The molecule has 13 aromatic rings. The number of hydrogen-bond donors (Lipinski definition) is 0. The molecule has 0 fully saturated rings. The monoisotopic (exact) mass is 788 g/mol. The second-order valence-corrected chi connectivity index (χ2v) is 16.1. The SMILES string of the molecule is c1ccc(-c2ccc(-c3nc4c5ccccc5c5ccccc5c4nc3-c3cccc(-n4c5ccccc5c5ccc6c7ccccc7n(-c7ccccc7)c6c54)c3)cc2)cc1. The fourth-order valence-corrected chi connectivity index (χ4v) is 9.92. The van der Waals surface area contributed by atoms with E-state index in [2.05, 4.69) is 228 Å². The highest BCUT2D eigenvalue weighted by Gasteiger charge is 2.23. The summed E-state index contributed by atoms with van der Waals surface area (Å²) >= 11 is 0. The first kappa shape index (κ1) is 34.5. The topological polar surface area (TPSA) is 35.6 Å². The van der Waals surface area contributed by atoms with Crippen LogP contribution >= 0.6 is 0 Å². The minimum Gasteiger partial charge on any atom is -0.307 e. The second-order valence-electron chi connectivity index (χ2n) is 16.1. The van der Waals surface area contributed by atoms with Gasteiger partial charge in [-0.05, 0) is 58.3 Å². The predicted molar refractivity (Wildman–Crippen MR) is 260 cm³/mol. The van der Waals surface area contributed by atoms with Gasteiger partial charge in [0.05, 0.1) is 44.5 Å². The number of benzene rings is 10. The Morgan fingerprint density at radius 3 is 1.24 bits per heavy atom. The second kappa shape index (κ2) is 13.6. The molecular formula is C58H36N4. The smallest absolute Gasteiger partial charge is 0.0979 e. The van der Waals surface area contributed by atoms with Gasteiger partial charge >= 0.3 is 0 Å². The van der Waals surface area contributed by atoms with Crippen molar-refractivity contribution in [2.24, 2.45) is 0 Å². The van der Waals surface area contributed by atoms with Crippen molar-refractivity contribution in [3.8, 4) is 45.0 Å². The lowest BCUT2D eigenvalue weighted by Crippen LogP contribution is -2.00. The van der Waals surface area contributed by atoms with E-state index >= 15 is 0 Å². The van der Waals surface area contributed by atoms with E-state index in [-0.39, 0.29) is 0 Å². The van der Waals surface area contributed by atoms with Gasteiger partial charge < -0.3 is 9.13 Å². The van der Waals surface area contributed by atoms with E-state index in [1.165, 1.54) is 54.4 Å². The summed E-state index contributed by atoms with van der Waals surface area (Å²) in [5.74, 6) is 0. The third-order valence-electron chi connectivity index (χ3n) is 12.7. The van der Waals surface area contributed by atoms with Crippen molar-refractivity contribution in [1.29, 1.82) is 0 Å². The van der Waals surface area contributed by atoms with E-state index < -0.39 is 0 Å². The zero-order valence-electron chi connectivity index (χ0n) is 33.6. The molecule has 4 heteroatoms. The van der Waals surface area contributed by atoms with Gasteiger partial charge in [0.15, 0.2) is 0 Å². The van der Waals surface area contributed by atoms with E-state index in [9.17, 15) is 0 Å². The molecule has 0 amide bonds. The molecule has 0 aliphatic rings. The molecule has 0 bridgehead atoms. The third kappa shape index (κ3) is 5.14. The fraction of sp³-hybridized carbons (Fsp3) is 0. The molecule has 0 radical (unpaired) electrons. The predicted octanol–water partition coefficient (Wildman–Crippen LogP) is 15.1. The number of aromatic nitrogens is 4. The zero-order chi connectivity index (χ0) is 40.7. The van der Waals surface area contributed by atoms with Gasteiger partial charge in [0.25, 0.3) is 0 Å². The fourth-order valence-electron chi connectivity index (χ4n) is 9.92. The minimum atomic E-state index is 0.844. The van der Waals surface area contributed by atoms with Crippen LogP contribution in [0.25, 0.3) is 121 Å². The first-order valence-electron chi connectivity index (χ1n) is 21.2. The summed E-state index contributed by atoms with van der Waals surface area (Å²) in [4.78, 5) is 11.3. The average Bonchev–Trinajstić information content (AvgIpc) is 3.88. The van der Waals surface area contributed by atoms with Gasteiger partial charge in [-0.15, -0.1) is 0 Å². The lowest BCUT2D eigenvalue weighted by Gasteiger charge is -2.16. The molecule has 288 valence electrons. The van der Waals surface area contributed by atoms with Gasteiger partial charge in [-0.25, -0.2) is 9.97 Å². The van der Waals surface area contributed by atoms with Crippen LogP contribution in [0.4, 0.5) is 0 Å². The Morgan fingerprint density at radius 1 is 0.258 bits per heavy atom. The molecular weight excluding hydrogens is 753 g/mol. The Hall–Kier alpha value is -8.34. The van der Waals surface area contributed by atoms with Crippen LogP contribution < -0.4 is 0 Å². The maximum absolute atomic E-state index is 5.68. The average molecular weight is 789 g/mol. The molecule has 0 aliphatic heterocycles. The van der Waals surface area contributed by atoms with Crippen molar-refractivity contribution in [1.82, 2.24) is 19.1 Å². The Morgan fingerprint density at radius 2 is 0.661 bits per heavy atom. The molecule has 0 saturated heterocycles. The van der Waals surface area contributed by atoms with Gasteiger partial charge in [-0.3, -0.25) is 0 Å². The van der Waals surface area contributed by atoms with E-state index in [0.717, 1.165) is 66.8 Å². The van der Waals surface area contributed by atoms with E-state index in [1.807, 2.05) is 0 Å². The summed E-state index contributed by atoms with van der Waals surface area (Å²) < 4.78 is 4.90. The van der Waals surface area contributed by atoms with Crippen molar-refractivity contribution in [2.75, 3.05) is 0 Å². The molecule has 3 aromatic heterocycles. The van der Waals surface area contributed by atoms with Crippen LogP contribution in [0.5, 0.6) is 0 Å². The number of nitrogens with zero attached hydrogens (tertiary/aromatic N) is 4. The highest BCUT2D eigenvalue weighted by molar-refractivity contribution is 6.25. The molecule has 13 rings (SSSR count). The molecule has 0 spiro atoms. The van der Waals surface area contributed by atoms with Crippen LogP contribution in [0.3, 0.4) is 0 Å². The molecule has 3 heterocycles. The summed E-state index contributed by atoms with van der Waals surface area (Å²) in [6.07, 6.45) is 0. The quantitative estimate of drug-likeness (QED) is 0.163. The van der Waals surface area contributed by atoms with Crippen LogP contribution in [-0.4, -0.2) is 19.1 Å². The molecule has 10 aromatic carbocycles. The normalized spacial score (nSPS) is 11.9. The molecule has 0 saturated carbocycles. The van der Waals surface area contributed by atoms with Crippen molar-refractivity contribution in [2.45, 2.75) is 0 Å². The maximum atomic E-state index is 5.68. The van der Waals surface area contributed by atoms with Gasteiger partial charge in [0, 0.05) is 54.8 Å². The summed E-state index contributed by atoms with van der Waals surface area (Å²) in [5, 5.41) is 9.41. The van der Waals surface area contributed by atoms with E-state index in [4.69, 9.17) is 9.97 Å². The van der Waals surface area contributed by atoms with Crippen molar-refractivity contribution in [3.63, 3.8) is 0 Å². The summed E-state index contributed by atoms with van der Waals surface area (Å²) in [6.45, 7) is 0. The zero-order valence-corrected chi connectivity index (χ0v) is 33.6. The number of fused-ring (bicyclic) bond motifs is 13. The van der Waals surface area contributed by atoms with E-state index in [0.29, 0.717) is 0 Å². The van der Waals surface area contributed by atoms with Crippen molar-refractivity contribution < 1.29 is 0 Å². The number of para-hydroxylation sites is 3. The van der Waals surface area contributed by atoms with Crippen molar-refractivity contribution >= 4 is 76.2 Å². The van der Waals surface area contributed by atoms with Crippen molar-refractivity contribution in [3.05, 3.63) is 218 Å². The summed E-state index contributed by atoms with van der Waals surface area (Å²) in [6, 6.07) is 78.3. The molecule has 0 N–H and O–H groups in total. The molecule has 4 nitrogen and oxygen atoms in total. The van der Waals surface area contributed by atoms with Crippen LogP contribution in [0, 0.1) is 0 Å². The van der Waals surface area contributed by atoms with E-state index in [1.54, 1.807) is 0 Å². The number of hydrogen-bond acceptors (Lipinski definition) is 2. The largest absolute Gasteiger partial charge is 0.307 e.